The molecule has 3 N–H and O–H groups in total. The first-order valence-corrected chi connectivity index (χ1v) is 8.56. The molecule has 0 aliphatic rings. The monoisotopic (exact) mass is 392 g/mol. The van der Waals surface area contributed by atoms with Crippen molar-refractivity contribution in [3.63, 3.8) is 0 Å². The quantitative estimate of drug-likeness (QED) is 0.384. The standard InChI is InChI=1S/C17H21BrN4O2/c1-2-19-17(22-12-15-4-3-11-24-15)21-10-9-20-16(23)13-5-7-14(18)8-6-13/h3-8,11H,2,9-10,12H2,1H3,(H,20,23)(H2,19,21,22). The number of nitrogens with zero attached hydrogens (tertiary/aromatic N) is 1. The van der Waals surface area contributed by atoms with Crippen LogP contribution in [0.1, 0.15) is 23.0 Å². The molecule has 0 atom stereocenters. The van der Waals surface area contributed by atoms with Crippen molar-refractivity contribution in [3.05, 3.63) is 58.5 Å². The van der Waals surface area contributed by atoms with Crippen molar-refractivity contribution in [2.45, 2.75) is 13.5 Å². The Morgan fingerprint density at radius 3 is 2.54 bits per heavy atom. The fraction of sp³-hybridized carbons (Fsp3) is 0.294. The van der Waals surface area contributed by atoms with Gasteiger partial charge in [-0.05, 0) is 43.3 Å². The number of benzene rings is 1. The van der Waals surface area contributed by atoms with Crippen LogP contribution in [0.4, 0.5) is 0 Å². The second-order valence-corrected chi connectivity index (χ2v) is 5.88. The zero-order valence-corrected chi connectivity index (χ0v) is 15.1. The number of hydrogen-bond donors (Lipinski definition) is 3. The number of aliphatic imine (C=N–C) groups is 1. The molecule has 2 aromatic rings. The molecule has 0 saturated heterocycles. The van der Waals surface area contributed by atoms with E-state index in [1.54, 1.807) is 18.4 Å². The molecule has 1 amide bonds. The normalized spacial score (nSPS) is 11.2. The van der Waals surface area contributed by atoms with E-state index in [2.05, 4.69) is 36.9 Å². The van der Waals surface area contributed by atoms with E-state index in [1.807, 2.05) is 31.2 Å². The van der Waals surface area contributed by atoms with Crippen LogP contribution in [-0.2, 0) is 6.54 Å². The third-order valence-corrected chi connectivity index (χ3v) is 3.66. The third kappa shape index (κ3) is 6.08. The van der Waals surface area contributed by atoms with Gasteiger partial charge in [0.15, 0.2) is 5.96 Å². The van der Waals surface area contributed by atoms with Gasteiger partial charge in [-0.25, -0.2) is 4.99 Å². The van der Waals surface area contributed by atoms with Crippen LogP contribution in [0.15, 0.2) is 56.5 Å². The number of guanidine groups is 1. The average Bonchev–Trinajstić information content (AvgIpc) is 3.10. The van der Waals surface area contributed by atoms with Crippen LogP contribution in [0.5, 0.6) is 0 Å². The number of rotatable bonds is 7. The van der Waals surface area contributed by atoms with Crippen LogP contribution in [0.3, 0.4) is 0 Å². The van der Waals surface area contributed by atoms with E-state index in [9.17, 15) is 4.79 Å². The smallest absolute Gasteiger partial charge is 0.251 e. The zero-order chi connectivity index (χ0) is 17.2. The van der Waals surface area contributed by atoms with E-state index in [-0.39, 0.29) is 5.91 Å². The fourth-order valence-electron chi connectivity index (χ4n) is 1.96. The summed E-state index contributed by atoms with van der Waals surface area (Å²) in [5, 5.41) is 9.19. The predicted molar refractivity (Wildman–Crippen MR) is 98.0 cm³/mol. The van der Waals surface area contributed by atoms with Gasteiger partial charge in [0.1, 0.15) is 12.3 Å². The van der Waals surface area contributed by atoms with Gasteiger partial charge in [0.2, 0.25) is 0 Å². The second-order valence-electron chi connectivity index (χ2n) is 4.96. The first-order valence-electron chi connectivity index (χ1n) is 7.77. The van der Waals surface area contributed by atoms with Gasteiger partial charge in [-0.3, -0.25) is 4.79 Å². The summed E-state index contributed by atoms with van der Waals surface area (Å²) in [7, 11) is 0. The topological polar surface area (TPSA) is 78.7 Å². The minimum absolute atomic E-state index is 0.0955. The van der Waals surface area contributed by atoms with Crippen LogP contribution in [0.25, 0.3) is 0 Å². The van der Waals surface area contributed by atoms with Crippen molar-refractivity contribution in [1.29, 1.82) is 0 Å². The van der Waals surface area contributed by atoms with Crippen molar-refractivity contribution in [2.75, 3.05) is 19.6 Å². The summed E-state index contributed by atoms with van der Waals surface area (Å²) in [5.74, 6) is 1.39. The summed E-state index contributed by atoms with van der Waals surface area (Å²) in [6.45, 7) is 4.30. The maximum Gasteiger partial charge on any atom is 0.251 e. The molecule has 0 bridgehead atoms. The highest BCUT2D eigenvalue weighted by atomic mass is 79.9. The van der Waals surface area contributed by atoms with E-state index >= 15 is 0 Å². The number of carbonyl (C=O) groups is 1. The minimum atomic E-state index is -0.0955. The van der Waals surface area contributed by atoms with Gasteiger partial charge in [-0.2, -0.15) is 0 Å². The number of furan rings is 1. The lowest BCUT2D eigenvalue weighted by molar-refractivity contribution is 0.0954. The summed E-state index contributed by atoms with van der Waals surface area (Å²) in [5.41, 5.74) is 0.636. The molecule has 0 unspecified atom stereocenters. The highest BCUT2D eigenvalue weighted by molar-refractivity contribution is 9.10. The van der Waals surface area contributed by atoms with E-state index in [4.69, 9.17) is 4.42 Å². The average molecular weight is 393 g/mol. The molecule has 1 aromatic heterocycles. The third-order valence-electron chi connectivity index (χ3n) is 3.13. The number of hydrogen-bond acceptors (Lipinski definition) is 3. The van der Waals surface area contributed by atoms with Crippen molar-refractivity contribution in [3.8, 4) is 0 Å². The number of carbonyl (C=O) groups excluding carboxylic acids is 1. The van der Waals surface area contributed by atoms with Gasteiger partial charge in [0.25, 0.3) is 5.91 Å². The van der Waals surface area contributed by atoms with E-state index in [1.165, 1.54) is 0 Å². The Morgan fingerprint density at radius 1 is 1.12 bits per heavy atom. The SMILES string of the molecule is CCNC(=NCc1ccco1)NCCNC(=O)c1ccc(Br)cc1. The van der Waals surface area contributed by atoms with E-state index in [0.29, 0.717) is 31.2 Å². The first kappa shape index (κ1) is 18.1. The molecule has 0 saturated carbocycles. The molecule has 1 heterocycles. The van der Waals surface area contributed by atoms with Crippen molar-refractivity contribution < 1.29 is 9.21 Å². The molecule has 0 radical (unpaired) electrons. The largest absolute Gasteiger partial charge is 0.467 e. The molecular formula is C17H21BrN4O2. The molecular weight excluding hydrogens is 372 g/mol. The molecule has 7 heteroatoms. The van der Waals surface area contributed by atoms with Gasteiger partial charge in [-0.15, -0.1) is 0 Å². The maximum atomic E-state index is 12.0. The van der Waals surface area contributed by atoms with E-state index < -0.39 is 0 Å². The lowest BCUT2D eigenvalue weighted by Crippen LogP contribution is -2.41. The summed E-state index contributed by atoms with van der Waals surface area (Å²) in [6.07, 6.45) is 1.63. The van der Waals surface area contributed by atoms with Crippen molar-refractivity contribution in [1.82, 2.24) is 16.0 Å². The summed E-state index contributed by atoms with van der Waals surface area (Å²) in [4.78, 5) is 16.4. The fourth-order valence-corrected chi connectivity index (χ4v) is 2.23. The molecule has 0 aliphatic heterocycles. The molecule has 128 valence electrons. The molecule has 0 fully saturated rings. The predicted octanol–water partition coefficient (Wildman–Crippen LogP) is 2.53. The summed E-state index contributed by atoms with van der Waals surface area (Å²) < 4.78 is 6.20. The molecule has 0 spiro atoms. The summed E-state index contributed by atoms with van der Waals surface area (Å²) in [6, 6.07) is 11.0. The number of halogens is 1. The van der Waals surface area contributed by atoms with Gasteiger partial charge in [0.05, 0.1) is 6.26 Å². The van der Waals surface area contributed by atoms with Gasteiger partial charge in [0, 0.05) is 29.7 Å². The second kappa shape index (κ2) is 9.77. The van der Waals surface area contributed by atoms with Crippen LogP contribution in [0.2, 0.25) is 0 Å². The lowest BCUT2D eigenvalue weighted by Gasteiger charge is -2.11. The Balaban J connectivity index is 1.74. The Labute approximate surface area is 149 Å². The minimum Gasteiger partial charge on any atom is -0.467 e. The van der Waals surface area contributed by atoms with Gasteiger partial charge < -0.3 is 20.4 Å². The van der Waals surface area contributed by atoms with E-state index in [0.717, 1.165) is 16.8 Å². The van der Waals surface area contributed by atoms with Crippen molar-refractivity contribution >= 4 is 27.8 Å². The summed E-state index contributed by atoms with van der Waals surface area (Å²) >= 11 is 3.35. The van der Waals surface area contributed by atoms with Gasteiger partial charge in [-0.1, -0.05) is 15.9 Å². The van der Waals surface area contributed by atoms with Crippen LogP contribution in [-0.4, -0.2) is 31.5 Å². The maximum absolute atomic E-state index is 12.0. The first-order chi connectivity index (χ1) is 11.7. The molecule has 0 aliphatic carbocycles. The molecule has 2 rings (SSSR count). The zero-order valence-electron chi connectivity index (χ0n) is 13.5. The highest BCUT2D eigenvalue weighted by Gasteiger charge is 2.04. The molecule has 24 heavy (non-hydrogen) atoms. The van der Waals surface area contributed by atoms with Gasteiger partial charge >= 0.3 is 0 Å². The van der Waals surface area contributed by atoms with Crippen LogP contribution >= 0.6 is 15.9 Å². The lowest BCUT2D eigenvalue weighted by atomic mass is 10.2. The Bertz CT molecular complexity index is 654. The van der Waals surface area contributed by atoms with Crippen LogP contribution < -0.4 is 16.0 Å². The molecule has 1 aromatic carbocycles. The number of nitrogens with one attached hydrogen (secondary N) is 3. The highest BCUT2D eigenvalue weighted by Crippen LogP contribution is 2.10. The Hall–Kier alpha value is -2.28. The molecule has 6 nitrogen and oxygen atoms in total. The van der Waals surface area contributed by atoms with Crippen molar-refractivity contribution in [2.24, 2.45) is 4.99 Å². The number of amides is 1. The Morgan fingerprint density at radius 2 is 1.88 bits per heavy atom. The van der Waals surface area contributed by atoms with Crippen LogP contribution in [0, 0.1) is 0 Å². The Kier molecular flexibility index (Phi) is 7.35.